The van der Waals surface area contributed by atoms with Crippen LogP contribution < -0.4 is 9.47 Å². The van der Waals surface area contributed by atoms with Gasteiger partial charge in [0.25, 0.3) is 0 Å². The number of benzene rings is 4. The van der Waals surface area contributed by atoms with E-state index in [1.165, 1.54) is 16.2 Å². The fraction of sp³-hybridized carbons (Fsp3) is 0.0769. The fourth-order valence-corrected chi connectivity index (χ4v) is 3.97. The third-order valence-electron chi connectivity index (χ3n) is 5.45. The van der Waals surface area contributed by atoms with Gasteiger partial charge in [-0.2, -0.15) is 0 Å². The maximum atomic E-state index is 5.72. The Morgan fingerprint density at radius 1 is 0.655 bits per heavy atom. The van der Waals surface area contributed by atoms with Crippen LogP contribution in [0, 0.1) is 0 Å². The van der Waals surface area contributed by atoms with Crippen molar-refractivity contribution < 1.29 is 9.47 Å². The SMILES string of the molecule is COc1cccc(-c2ccc3c(-c4ccc5[nH]ccc5c4)c(OC)ccc3c2)c1. The van der Waals surface area contributed by atoms with Crippen LogP contribution in [-0.4, -0.2) is 19.2 Å². The molecule has 3 heteroatoms. The lowest BCUT2D eigenvalue weighted by Gasteiger charge is -2.14. The highest BCUT2D eigenvalue weighted by atomic mass is 16.5. The van der Waals surface area contributed by atoms with Crippen molar-refractivity contribution in [2.75, 3.05) is 14.2 Å². The summed E-state index contributed by atoms with van der Waals surface area (Å²) in [5.74, 6) is 1.74. The minimum Gasteiger partial charge on any atom is -0.497 e. The van der Waals surface area contributed by atoms with Crippen molar-refractivity contribution in [1.82, 2.24) is 4.98 Å². The minimum atomic E-state index is 0.859. The van der Waals surface area contributed by atoms with Crippen LogP contribution in [0.2, 0.25) is 0 Å². The Morgan fingerprint density at radius 2 is 1.48 bits per heavy atom. The van der Waals surface area contributed by atoms with E-state index >= 15 is 0 Å². The van der Waals surface area contributed by atoms with Crippen molar-refractivity contribution in [3.05, 3.63) is 85.1 Å². The number of hydrogen-bond acceptors (Lipinski definition) is 2. The maximum absolute atomic E-state index is 5.72. The van der Waals surface area contributed by atoms with Crippen LogP contribution in [0.4, 0.5) is 0 Å². The first-order valence-electron chi connectivity index (χ1n) is 9.59. The van der Waals surface area contributed by atoms with Crippen molar-refractivity contribution in [3.63, 3.8) is 0 Å². The van der Waals surface area contributed by atoms with Crippen molar-refractivity contribution >= 4 is 21.7 Å². The Balaban J connectivity index is 1.70. The van der Waals surface area contributed by atoms with Gasteiger partial charge in [0.2, 0.25) is 0 Å². The Bertz CT molecular complexity index is 1330. The van der Waals surface area contributed by atoms with Crippen LogP contribution in [-0.2, 0) is 0 Å². The van der Waals surface area contributed by atoms with Crippen molar-refractivity contribution in [1.29, 1.82) is 0 Å². The van der Waals surface area contributed by atoms with E-state index in [2.05, 4.69) is 65.6 Å². The smallest absolute Gasteiger partial charge is 0.127 e. The summed E-state index contributed by atoms with van der Waals surface area (Å²) in [4.78, 5) is 3.26. The van der Waals surface area contributed by atoms with Gasteiger partial charge < -0.3 is 14.5 Å². The van der Waals surface area contributed by atoms with Gasteiger partial charge in [0, 0.05) is 17.3 Å². The quantitative estimate of drug-likeness (QED) is 0.378. The molecule has 0 fully saturated rings. The first kappa shape index (κ1) is 17.4. The molecule has 0 amide bonds. The van der Waals surface area contributed by atoms with Gasteiger partial charge in [0.05, 0.1) is 14.2 Å². The molecule has 0 bridgehead atoms. The van der Waals surface area contributed by atoms with Crippen LogP contribution in [0.25, 0.3) is 43.9 Å². The monoisotopic (exact) mass is 379 g/mol. The normalized spacial score (nSPS) is 11.1. The van der Waals surface area contributed by atoms with E-state index < -0.39 is 0 Å². The Kier molecular flexibility index (Phi) is 4.21. The molecule has 4 aromatic carbocycles. The largest absolute Gasteiger partial charge is 0.497 e. The molecule has 0 aliphatic carbocycles. The molecule has 5 rings (SSSR count). The molecule has 3 nitrogen and oxygen atoms in total. The highest BCUT2D eigenvalue weighted by Crippen LogP contribution is 2.39. The standard InChI is InChI=1S/C26H21NO2/c1-28-22-5-3-4-17(16-22)18-6-9-23-19(14-18)8-11-25(29-2)26(23)21-7-10-24-20(15-21)12-13-27-24/h3-16,27H,1-2H3. The summed E-state index contributed by atoms with van der Waals surface area (Å²) in [5.41, 5.74) is 5.69. The maximum Gasteiger partial charge on any atom is 0.127 e. The third kappa shape index (κ3) is 3.01. The first-order valence-corrected chi connectivity index (χ1v) is 9.59. The molecule has 1 heterocycles. The molecule has 0 aliphatic heterocycles. The van der Waals surface area contributed by atoms with E-state index in [1.807, 2.05) is 24.4 Å². The topological polar surface area (TPSA) is 34.2 Å². The summed E-state index contributed by atoms with van der Waals surface area (Å²) in [6, 6.07) is 27.5. The predicted molar refractivity (Wildman–Crippen MR) is 120 cm³/mol. The molecule has 0 saturated carbocycles. The number of hydrogen-bond donors (Lipinski definition) is 1. The van der Waals surface area contributed by atoms with Gasteiger partial charge in [-0.3, -0.25) is 0 Å². The third-order valence-corrected chi connectivity index (χ3v) is 5.45. The van der Waals surface area contributed by atoms with Crippen molar-refractivity contribution in [2.45, 2.75) is 0 Å². The molecule has 142 valence electrons. The number of H-pyrrole nitrogens is 1. The molecule has 0 spiro atoms. The molecular weight excluding hydrogens is 358 g/mol. The average Bonchev–Trinajstić information content (AvgIpc) is 3.25. The summed E-state index contributed by atoms with van der Waals surface area (Å²) in [5, 5.41) is 3.54. The van der Waals surface area contributed by atoms with Crippen LogP contribution in [0.3, 0.4) is 0 Å². The van der Waals surface area contributed by atoms with Crippen LogP contribution >= 0.6 is 0 Å². The molecule has 0 unspecified atom stereocenters. The molecule has 5 aromatic rings. The summed E-state index contributed by atoms with van der Waals surface area (Å²) in [7, 11) is 3.42. The second kappa shape index (κ2) is 7.02. The highest BCUT2D eigenvalue weighted by molar-refractivity contribution is 6.03. The van der Waals surface area contributed by atoms with Gasteiger partial charge in [-0.1, -0.05) is 36.4 Å². The summed E-state index contributed by atoms with van der Waals surface area (Å²) >= 11 is 0. The number of fused-ring (bicyclic) bond motifs is 2. The van der Waals surface area contributed by atoms with Gasteiger partial charge in [0.15, 0.2) is 0 Å². The second-order valence-corrected chi connectivity index (χ2v) is 7.09. The van der Waals surface area contributed by atoms with Gasteiger partial charge in [-0.25, -0.2) is 0 Å². The van der Waals surface area contributed by atoms with E-state index in [4.69, 9.17) is 9.47 Å². The van der Waals surface area contributed by atoms with Crippen LogP contribution in [0.1, 0.15) is 0 Å². The van der Waals surface area contributed by atoms with Gasteiger partial charge in [-0.15, -0.1) is 0 Å². The first-order chi connectivity index (χ1) is 14.3. The number of ether oxygens (including phenoxy) is 2. The zero-order chi connectivity index (χ0) is 19.8. The zero-order valence-corrected chi connectivity index (χ0v) is 16.4. The number of aromatic nitrogens is 1. The molecule has 1 N–H and O–H groups in total. The number of methoxy groups -OCH3 is 2. The zero-order valence-electron chi connectivity index (χ0n) is 16.4. The number of rotatable bonds is 4. The molecule has 0 aliphatic rings. The Labute approximate surface area is 169 Å². The van der Waals surface area contributed by atoms with Crippen LogP contribution in [0.5, 0.6) is 11.5 Å². The fourth-order valence-electron chi connectivity index (χ4n) is 3.97. The van der Waals surface area contributed by atoms with Gasteiger partial charge in [0.1, 0.15) is 11.5 Å². The lowest BCUT2D eigenvalue weighted by atomic mass is 9.94. The lowest BCUT2D eigenvalue weighted by Crippen LogP contribution is -1.90. The summed E-state index contributed by atoms with van der Waals surface area (Å²) in [6.45, 7) is 0. The lowest BCUT2D eigenvalue weighted by molar-refractivity contribution is 0.415. The van der Waals surface area contributed by atoms with E-state index in [1.54, 1.807) is 14.2 Å². The molecule has 1 aromatic heterocycles. The minimum absolute atomic E-state index is 0.859. The highest BCUT2D eigenvalue weighted by Gasteiger charge is 2.13. The molecule has 0 radical (unpaired) electrons. The summed E-state index contributed by atoms with van der Waals surface area (Å²) in [6.07, 6.45) is 1.97. The van der Waals surface area contributed by atoms with E-state index in [-0.39, 0.29) is 0 Å². The van der Waals surface area contributed by atoms with Gasteiger partial charge >= 0.3 is 0 Å². The van der Waals surface area contributed by atoms with Crippen LogP contribution in [0.15, 0.2) is 85.1 Å². The Hall–Kier alpha value is -3.72. The molecule has 0 atom stereocenters. The second-order valence-electron chi connectivity index (χ2n) is 7.09. The van der Waals surface area contributed by atoms with Crippen molar-refractivity contribution in [2.24, 2.45) is 0 Å². The number of nitrogens with one attached hydrogen (secondary N) is 1. The number of aromatic amines is 1. The van der Waals surface area contributed by atoms with E-state index in [0.717, 1.165) is 39.3 Å². The molecule has 29 heavy (non-hydrogen) atoms. The molecular formula is C26H21NO2. The van der Waals surface area contributed by atoms with E-state index in [9.17, 15) is 0 Å². The molecule has 0 saturated heterocycles. The Morgan fingerprint density at radius 3 is 2.34 bits per heavy atom. The van der Waals surface area contributed by atoms with Crippen molar-refractivity contribution in [3.8, 4) is 33.8 Å². The van der Waals surface area contributed by atoms with E-state index in [0.29, 0.717) is 0 Å². The van der Waals surface area contributed by atoms with Gasteiger partial charge in [-0.05, 0) is 75.3 Å². The average molecular weight is 379 g/mol. The predicted octanol–water partition coefficient (Wildman–Crippen LogP) is 6.67. The summed E-state index contributed by atoms with van der Waals surface area (Å²) < 4.78 is 11.1.